The smallest absolute Gasteiger partial charge is 0.411 e. The maximum absolute atomic E-state index is 14.5. The number of rotatable bonds is 3. The molecule has 1 aliphatic heterocycles. The van der Waals surface area contributed by atoms with Gasteiger partial charge >= 0.3 is 6.09 Å². The van der Waals surface area contributed by atoms with Gasteiger partial charge in [0.05, 0.1) is 12.3 Å². The minimum Gasteiger partial charge on any atom is -0.465 e. The first-order valence-electron chi connectivity index (χ1n) is 10.4. The van der Waals surface area contributed by atoms with E-state index in [0.29, 0.717) is 30.8 Å². The zero-order chi connectivity index (χ0) is 21.7. The normalized spacial score (nSPS) is 28.0. The molecule has 3 aliphatic rings. The molecule has 0 radical (unpaired) electrons. The molecule has 7 nitrogen and oxygen atoms in total. The quantitative estimate of drug-likeness (QED) is 0.646. The molecule has 2 N–H and O–H groups in total. The number of halogens is 2. The Morgan fingerprint density at radius 3 is 2.84 bits per heavy atom. The summed E-state index contributed by atoms with van der Waals surface area (Å²) in [6.45, 7) is 2.32. The Kier molecular flexibility index (Phi) is 3.55. The first-order valence-corrected chi connectivity index (χ1v) is 10.4. The number of nitrogens with one attached hydrogen (secondary N) is 1. The molecule has 1 unspecified atom stereocenters. The van der Waals surface area contributed by atoms with E-state index in [1.165, 1.54) is 7.05 Å². The van der Waals surface area contributed by atoms with Crippen molar-refractivity contribution in [2.45, 2.75) is 38.3 Å². The molecule has 0 spiro atoms. The predicted molar refractivity (Wildman–Crippen MR) is 110 cm³/mol. The molecule has 3 aromatic rings. The summed E-state index contributed by atoms with van der Waals surface area (Å²) in [7, 11) is 1.48. The van der Waals surface area contributed by atoms with E-state index in [1.54, 1.807) is 23.7 Å². The van der Waals surface area contributed by atoms with Gasteiger partial charge < -0.3 is 14.8 Å². The molecule has 6 rings (SSSR count). The Hall–Kier alpha value is -2.94. The fraction of sp³-hybridized carbons (Fsp3) is 0.455. The first-order chi connectivity index (χ1) is 14.7. The lowest BCUT2D eigenvalue weighted by molar-refractivity contribution is -0.108. The topological polar surface area (TPSA) is 83.4 Å². The summed E-state index contributed by atoms with van der Waals surface area (Å²) >= 11 is 0. The number of benzene rings is 1. The van der Waals surface area contributed by atoms with Crippen LogP contribution in [0.1, 0.15) is 30.8 Å². The highest BCUT2D eigenvalue weighted by Gasteiger charge is 2.78. The number of aromatic nitrogens is 3. The minimum absolute atomic E-state index is 0.199. The fourth-order valence-corrected chi connectivity index (χ4v) is 5.16. The average molecular weight is 428 g/mol. The standard InChI is InChI=1S/C22H22F2N4O3/c1-21-10-16-13(9-17(21)22(21,23)24)19(26-28(16)18-5-6-31-18)15-7-11-3-4-12(8-14(11)25-15)27(2)20(29)30/h3-4,7-8,17-18,25H,5-6,9-10H2,1-2H3,(H,29,30)/t17-,18?,21+/m0/s1. The molecule has 162 valence electrons. The summed E-state index contributed by atoms with van der Waals surface area (Å²) in [6.07, 6.45) is 0.161. The molecule has 9 heteroatoms. The summed E-state index contributed by atoms with van der Waals surface area (Å²) in [4.78, 5) is 15.7. The number of hydrogen-bond acceptors (Lipinski definition) is 3. The number of ether oxygens (including phenoxy) is 1. The zero-order valence-corrected chi connectivity index (χ0v) is 17.2. The Balaban J connectivity index is 1.45. The third-order valence-corrected chi connectivity index (χ3v) is 7.43. The summed E-state index contributed by atoms with van der Waals surface area (Å²) in [5.74, 6) is -3.32. The van der Waals surface area contributed by atoms with Gasteiger partial charge in [-0.05, 0) is 24.6 Å². The van der Waals surface area contributed by atoms with Gasteiger partial charge in [-0.3, -0.25) is 4.90 Å². The van der Waals surface area contributed by atoms with E-state index in [1.807, 2.05) is 12.1 Å². The molecule has 3 atom stereocenters. The number of alkyl halides is 2. The second-order valence-electron chi connectivity index (χ2n) is 9.10. The molecule has 1 amide bonds. The number of amides is 1. The van der Waals surface area contributed by atoms with Gasteiger partial charge in [0.1, 0.15) is 5.69 Å². The van der Waals surface area contributed by atoms with Crippen LogP contribution in [0, 0.1) is 11.3 Å². The number of carboxylic acid groups (broad SMARTS) is 1. The molecular formula is C22H22F2N4O3. The summed E-state index contributed by atoms with van der Waals surface area (Å²) < 4.78 is 36.5. The van der Waals surface area contributed by atoms with E-state index in [4.69, 9.17) is 9.84 Å². The van der Waals surface area contributed by atoms with Crippen molar-refractivity contribution in [3.63, 3.8) is 0 Å². The van der Waals surface area contributed by atoms with Crippen molar-refractivity contribution >= 4 is 22.7 Å². The van der Waals surface area contributed by atoms with Gasteiger partial charge in [-0.2, -0.15) is 5.10 Å². The van der Waals surface area contributed by atoms with E-state index < -0.39 is 23.3 Å². The molecule has 2 fully saturated rings. The maximum atomic E-state index is 14.5. The third-order valence-electron chi connectivity index (χ3n) is 7.43. The van der Waals surface area contributed by atoms with Gasteiger partial charge in [-0.25, -0.2) is 18.3 Å². The number of carbonyl (C=O) groups is 1. The van der Waals surface area contributed by atoms with Crippen LogP contribution >= 0.6 is 0 Å². The number of H-pyrrole nitrogens is 1. The van der Waals surface area contributed by atoms with E-state index in [-0.39, 0.29) is 6.23 Å². The monoisotopic (exact) mass is 428 g/mol. The van der Waals surface area contributed by atoms with Crippen LogP contribution in [-0.4, -0.2) is 45.5 Å². The molecular weight excluding hydrogens is 406 g/mol. The second-order valence-corrected chi connectivity index (χ2v) is 9.10. The van der Waals surface area contributed by atoms with Crippen LogP contribution in [0.15, 0.2) is 24.3 Å². The zero-order valence-electron chi connectivity index (χ0n) is 17.2. The third kappa shape index (κ3) is 2.40. The van der Waals surface area contributed by atoms with Crippen molar-refractivity contribution in [3.8, 4) is 11.4 Å². The van der Waals surface area contributed by atoms with Crippen molar-refractivity contribution in [1.29, 1.82) is 0 Å². The van der Waals surface area contributed by atoms with Crippen LogP contribution in [0.2, 0.25) is 0 Å². The molecule has 2 aromatic heterocycles. The molecule has 3 heterocycles. The van der Waals surface area contributed by atoms with E-state index in [9.17, 15) is 18.7 Å². The van der Waals surface area contributed by atoms with Crippen LogP contribution in [0.4, 0.5) is 19.3 Å². The molecule has 0 bridgehead atoms. The van der Waals surface area contributed by atoms with Crippen LogP contribution in [-0.2, 0) is 17.6 Å². The Morgan fingerprint density at radius 1 is 1.39 bits per heavy atom. The molecule has 1 aromatic carbocycles. The minimum atomic E-state index is -2.66. The van der Waals surface area contributed by atoms with Crippen LogP contribution < -0.4 is 4.90 Å². The highest BCUT2D eigenvalue weighted by Crippen LogP contribution is 2.70. The predicted octanol–water partition coefficient (Wildman–Crippen LogP) is 4.43. The lowest BCUT2D eigenvalue weighted by atomic mass is 9.87. The summed E-state index contributed by atoms with van der Waals surface area (Å²) in [6, 6.07) is 7.28. The SMILES string of the molecule is CN(C(=O)O)c1ccc2cc(-c3nn(C4CCO4)c4c3C[C@@H]3C(F)(F)[C@]3(C)C4)[nH]c2c1. The van der Waals surface area contributed by atoms with Crippen LogP contribution in [0.5, 0.6) is 0 Å². The van der Waals surface area contributed by atoms with Crippen molar-refractivity contribution in [3.05, 3.63) is 35.5 Å². The number of hydrogen-bond donors (Lipinski definition) is 2. The van der Waals surface area contributed by atoms with E-state index >= 15 is 0 Å². The molecule has 2 aliphatic carbocycles. The Morgan fingerprint density at radius 2 is 2.16 bits per heavy atom. The average Bonchev–Trinajstić information content (AvgIpc) is 3.04. The molecule has 1 saturated heterocycles. The van der Waals surface area contributed by atoms with Crippen molar-refractivity contribution in [2.24, 2.45) is 11.3 Å². The van der Waals surface area contributed by atoms with Crippen molar-refractivity contribution in [1.82, 2.24) is 14.8 Å². The molecule has 1 saturated carbocycles. The first kappa shape index (κ1) is 18.8. The van der Waals surface area contributed by atoms with Gasteiger partial charge in [0.2, 0.25) is 0 Å². The summed E-state index contributed by atoms with van der Waals surface area (Å²) in [5, 5.41) is 14.9. The van der Waals surface area contributed by atoms with E-state index in [0.717, 1.165) is 39.2 Å². The van der Waals surface area contributed by atoms with Gasteiger partial charge in [0.15, 0.2) is 6.23 Å². The maximum Gasteiger partial charge on any atom is 0.411 e. The van der Waals surface area contributed by atoms with Gasteiger partial charge in [0.25, 0.3) is 5.92 Å². The van der Waals surface area contributed by atoms with Gasteiger partial charge in [-0.1, -0.05) is 13.0 Å². The summed E-state index contributed by atoms with van der Waals surface area (Å²) in [5.41, 5.74) is 3.44. The highest BCUT2D eigenvalue weighted by atomic mass is 19.3. The number of aromatic amines is 1. The van der Waals surface area contributed by atoms with Crippen LogP contribution in [0.3, 0.4) is 0 Å². The van der Waals surface area contributed by atoms with Gasteiger partial charge in [-0.15, -0.1) is 0 Å². The molecule has 31 heavy (non-hydrogen) atoms. The van der Waals surface area contributed by atoms with Crippen LogP contribution in [0.25, 0.3) is 22.3 Å². The number of fused-ring (bicyclic) bond motifs is 3. The lowest BCUT2D eigenvalue weighted by Crippen LogP contribution is -2.29. The van der Waals surface area contributed by atoms with E-state index in [2.05, 4.69) is 4.98 Å². The Labute approximate surface area is 176 Å². The van der Waals surface area contributed by atoms with Crippen molar-refractivity contribution < 1.29 is 23.4 Å². The number of anilines is 1. The largest absolute Gasteiger partial charge is 0.465 e. The lowest BCUT2D eigenvalue weighted by Gasteiger charge is -2.29. The highest BCUT2D eigenvalue weighted by molar-refractivity contribution is 5.92. The fourth-order valence-electron chi connectivity index (χ4n) is 5.16. The second kappa shape index (κ2) is 5.85. The number of nitrogens with zero attached hydrogens (tertiary/aromatic N) is 3. The van der Waals surface area contributed by atoms with Crippen molar-refractivity contribution in [2.75, 3.05) is 18.6 Å². The Bertz CT molecular complexity index is 1250. The van der Waals surface area contributed by atoms with Gasteiger partial charge in [0, 0.05) is 59.1 Å².